The normalized spacial score (nSPS) is 13.4. The van der Waals surface area contributed by atoms with Gasteiger partial charge in [-0.2, -0.15) is 0 Å². The smallest absolute Gasteiger partial charge is 0.275 e. The molecular formula is C16H16N4O2. The number of carbonyl (C=O) groups excluding carboxylic acids is 2. The number of hydrogen-bond donors (Lipinski definition) is 1. The molecule has 1 aliphatic heterocycles. The van der Waals surface area contributed by atoms with Crippen molar-refractivity contribution in [3.63, 3.8) is 0 Å². The SMILES string of the molecule is CC(=O)N1CCc2ccc(NC(=O)c3cnccn3)cc2C1. The lowest BCUT2D eigenvalue weighted by Gasteiger charge is -2.28. The van der Waals surface area contributed by atoms with Gasteiger partial charge in [-0.15, -0.1) is 0 Å². The molecule has 22 heavy (non-hydrogen) atoms. The summed E-state index contributed by atoms with van der Waals surface area (Å²) in [5.41, 5.74) is 3.25. The lowest BCUT2D eigenvalue weighted by molar-refractivity contribution is -0.129. The second-order valence-corrected chi connectivity index (χ2v) is 5.22. The molecule has 2 aromatic rings. The Balaban J connectivity index is 1.78. The zero-order chi connectivity index (χ0) is 15.5. The number of benzene rings is 1. The number of anilines is 1. The van der Waals surface area contributed by atoms with Gasteiger partial charge in [-0.3, -0.25) is 14.6 Å². The van der Waals surface area contributed by atoms with Gasteiger partial charge >= 0.3 is 0 Å². The maximum absolute atomic E-state index is 12.1. The predicted molar refractivity (Wildman–Crippen MR) is 81.2 cm³/mol. The average molecular weight is 296 g/mol. The Morgan fingerprint density at radius 2 is 2.09 bits per heavy atom. The first-order chi connectivity index (χ1) is 10.6. The van der Waals surface area contributed by atoms with Gasteiger partial charge in [0.1, 0.15) is 5.69 Å². The highest BCUT2D eigenvalue weighted by molar-refractivity contribution is 6.02. The summed E-state index contributed by atoms with van der Waals surface area (Å²) >= 11 is 0. The minimum atomic E-state index is -0.299. The Morgan fingerprint density at radius 3 is 2.82 bits per heavy atom. The summed E-state index contributed by atoms with van der Waals surface area (Å²) in [7, 11) is 0. The largest absolute Gasteiger partial charge is 0.338 e. The fourth-order valence-corrected chi connectivity index (χ4v) is 2.52. The van der Waals surface area contributed by atoms with E-state index in [9.17, 15) is 9.59 Å². The Bertz CT molecular complexity index is 715. The molecule has 0 saturated carbocycles. The molecule has 0 unspecified atom stereocenters. The van der Waals surface area contributed by atoms with Crippen LogP contribution in [0.15, 0.2) is 36.8 Å². The van der Waals surface area contributed by atoms with Crippen molar-refractivity contribution in [2.45, 2.75) is 19.9 Å². The van der Waals surface area contributed by atoms with E-state index in [4.69, 9.17) is 0 Å². The van der Waals surface area contributed by atoms with Crippen LogP contribution in [0, 0.1) is 0 Å². The van der Waals surface area contributed by atoms with E-state index in [1.807, 2.05) is 18.2 Å². The van der Waals surface area contributed by atoms with Gasteiger partial charge in [0.25, 0.3) is 5.91 Å². The zero-order valence-corrected chi connectivity index (χ0v) is 12.2. The Morgan fingerprint density at radius 1 is 1.23 bits per heavy atom. The molecule has 1 aromatic carbocycles. The summed E-state index contributed by atoms with van der Waals surface area (Å²) < 4.78 is 0. The summed E-state index contributed by atoms with van der Waals surface area (Å²) in [5.74, 6) is -0.230. The van der Waals surface area contributed by atoms with Crippen LogP contribution in [-0.4, -0.2) is 33.2 Å². The van der Waals surface area contributed by atoms with Crippen molar-refractivity contribution >= 4 is 17.5 Å². The molecule has 6 nitrogen and oxygen atoms in total. The lowest BCUT2D eigenvalue weighted by atomic mass is 9.99. The zero-order valence-electron chi connectivity index (χ0n) is 12.2. The van der Waals surface area contributed by atoms with E-state index in [1.54, 1.807) is 11.8 Å². The second-order valence-electron chi connectivity index (χ2n) is 5.22. The number of fused-ring (bicyclic) bond motifs is 1. The lowest BCUT2D eigenvalue weighted by Crippen LogP contribution is -2.34. The number of nitrogens with zero attached hydrogens (tertiary/aromatic N) is 3. The Kier molecular flexibility index (Phi) is 3.82. The molecule has 2 heterocycles. The number of carbonyl (C=O) groups is 2. The van der Waals surface area contributed by atoms with E-state index in [1.165, 1.54) is 24.2 Å². The maximum atomic E-state index is 12.1. The molecule has 0 saturated heterocycles. The van der Waals surface area contributed by atoms with Gasteiger partial charge in [0.05, 0.1) is 6.20 Å². The first kappa shape index (κ1) is 14.2. The molecule has 1 aromatic heterocycles. The van der Waals surface area contributed by atoms with Crippen LogP contribution in [0.2, 0.25) is 0 Å². The van der Waals surface area contributed by atoms with E-state index in [0.29, 0.717) is 12.2 Å². The van der Waals surface area contributed by atoms with Gasteiger partial charge in [-0.05, 0) is 29.7 Å². The molecule has 0 aliphatic carbocycles. The summed E-state index contributed by atoms with van der Waals surface area (Å²) in [6.07, 6.45) is 5.26. The van der Waals surface area contributed by atoms with Gasteiger partial charge in [0.2, 0.25) is 5.91 Å². The number of rotatable bonds is 2. The van der Waals surface area contributed by atoms with Crippen LogP contribution in [0.25, 0.3) is 0 Å². The van der Waals surface area contributed by atoms with Crippen LogP contribution in [-0.2, 0) is 17.8 Å². The molecule has 6 heteroatoms. The van der Waals surface area contributed by atoms with E-state index < -0.39 is 0 Å². The minimum Gasteiger partial charge on any atom is -0.338 e. The standard InChI is InChI=1S/C16H16N4O2/c1-11(21)20-7-4-12-2-3-14(8-13(12)10-20)19-16(22)15-9-17-5-6-18-15/h2-3,5-6,8-9H,4,7,10H2,1H3,(H,19,22). The third-order valence-electron chi connectivity index (χ3n) is 3.72. The quantitative estimate of drug-likeness (QED) is 0.914. The molecule has 0 spiro atoms. The molecule has 1 N–H and O–H groups in total. The third-order valence-corrected chi connectivity index (χ3v) is 3.72. The van der Waals surface area contributed by atoms with Crippen molar-refractivity contribution in [1.82, 2.24) is 14.9 Å². The first-order valence-corrected chi connectivity index (χ1v) is 7.08. The molecule has 0 radical (unpaired) electrons. The molecule has 1 aliphatic rings. The Labute approximate surface area is 128 Å². The van der Waals surface area contributed by atoms with E-state index in [-0.39, 0.29) is 17.5 Å². The van der Waals surface area contributed by atoms with Gasteiger partial charge in [0, 0.05) is 38.1 Å². The van der Waals surface area contributed by atoms with E-state index >= 15 is 0 Å². The van der Waals surface area contributed by atoms with Crippen LogP contribution < -0.4 is 5.32 Å². The van der Waals surface area contributed by atoms with Crippen LogP contribution >= 0.6 is 0 Å². The topological polar surface area (TPSA) is 75.2 Å². The third kappa shape index (κ3) is 2.95. The van der Waals surface area contributed by atoms with Gasteiger partial charge in [0.15, 0.2) is 0 Å². The van der Waals surface area contributed by atoms with Crippen molar-refractivity contribution in [3.05, 3.63) is 53.6 Å². The van der Waals surface area contributed by atoms with Gasteiger partial charge in [-0.1, -0.05) is 6.07 Å². The van der Waals surface area contributed by atoms with Crippen molar-refractivity contribution < 1.29 is 9.59 Å². The van der Waals surface area contributed by atoms with Crippen molar-refractivity contribution in [3.8, 4) is 0 Å². The highest BCUT2D eigenvalue weighted by Gasteiger charge is 2.18. The first-order valence-electron chi connectivity index (χ1n) is 7.08. The van der Waals surface area contributed by atoms with E-state index in [0.717, 1.165) is 18.5 Å². The van der Waals surface area contributed by atoms with E-state index in [2.05, 4.69) is 15.3 Å². The predicted octanol–water partition coefficient (Wildman–Crippen LogP) is 1.63. The molecular weight excluding hydrogens is 280 g/mol. The summed E-state index contributed by atoms with van der Waals surface area (Å²) in [4.78, 5) is 33.2. The molecule has 0 bridgehead atoms. The van der Waals surface area contributed by atoms with Crippen LogP contribution in [0.1, 0.15) is 28.5 Å². The van der Waals surface area contributed by atoms with Crippen molar-refractivity contribution in [2.75, 3.05) is 11.9 Å². The van der Waals surface area contributed by atoms with Gasteiger partial charge < -0.3 is 10.2 Å². The molecule has 0 fully saturated rings. The Hall–Kier alpha value is -2.76. The number of amides is 2. The molecule has 0 atom stereocenters. The fraction of sp³-hybridized carbons (Fsp3) is 0.250. The highest BCUT2D eigenvalue weighted by Crippen LogP contribution is 2.23. The molecule has 112 valence electrons. The van der Waals surface area contributed by atoms with Crippen LogP contribution in [0.5, 0.6) is 0 Å². The monoisotopic (exact) mass is 296 g/mol. The summed E-state index contributed by atoms with van der Waals surface area (Å²) in [5, 5.41) is 2.81. The number of nitrogens with one attached hydrogen (secondary N) is 1. The highest BCUT2D eigenvalue weighted by atomic mass is 16.2. The number of aromatic nitrogens is 2. The maximum Gasteiger partial charge on any atom is 0.275 e. The molecule has 3 rings (SSSR count). The minimum absolute atomic E-state index is 0.0691. The van der Waals surface area contributed by atoms with Gasteiger partial charge in [-0.25, -0.2) is 4.98 Å². The average Bonchev–Trinajstić information content (AvgIpc) is 2.55. The van der Waals surface area contributed by atoms with Crippen molar-refractivity contribution in [1.29, 1.82) is 0 Å². The molecule has 2 amide bonds. The second kappa shape index (κ2) is 5.93. The van der Waals surface area contributed by atoms with Crippen LogP contribution in [0.3, 0.4) is 0 Å². The fourth-order valence-electron chi connectivity index (χ4n) is 2.52. The van der Waals surface area contributed by atoms with Crippen LogP contribution in [0.4, 0.5) is 5.69 Å². The number of hydrogen-bond acceptors (Lipinski definition) is 4. The summed E-state index contributed by atoms with van der Waals surface area (Å²) in [6, 6.07) is 5.79. The summed E-state index contributed by atoms with van der Waals surface area (Å²) in [6.45, 7) is 2.90. The van der Waals surface area contributed by atoms with Crippen molar-refractivity contribution in [2.24, 2.45) is 0 Å².